The third kappa shape index (κ3) is 1.51. The molecule has 1 fully saturated rings. The quantitative estimate of drug-likeness (QED) is 0.427. The van der Waals surface area contributed by atoms with E-state index in [-0.39, 0.29) is 6.54 Å². The number of nitrogens with one attached hydrogen (secondary N) is 2. The Hall–Kier alpha value is -1.46. The maximum atomic E-state index is 10.3. The zero-order chi connectivity index (χ0) is 7.56. The molecule has 6 heteroatoms. The normalized spacial score (nSPS) is 23.2. The van der Waals surface area contributed by atoms with Crippen LogP contribution in [0.4, 0.5) is 9.59 Å². The van der Waals surface area contributed by atoms with Crippen molar-refractivity contribution in [2.75, 3.05) is 6.54 Å². The predicted octanol–water partition coefficient (Wildman–Crippen LogP) is -0.680. The summed E-state index contributed by atoms with van der Waals surface area (Å²) in [6.07, 6.45) is -2.14. The van der Waals surface area contributed by atoms with Crippen molar-refractivity contribution < 1.29 is 19.4 Å². The lowest BCUT2D eigenvalue weighted by Gasteiger charge is -2.04. The summed E-state index contributed by atoms with van der Waals surface area (Å²) in [6, 6.07) is -0.411. The van der Waals surface area contributed by atoms with Crippen LogP contribution < -0.4 is 10.6 Å². The summed E-state index contributed by atoms with van der Waals surface area (Å²) in [5.74, 6) is 0. The van der Waals surface area contributed by atoms with Gasteiger partial charge in [0.1, 0.15) is 0 Å². The molecule has 0 bridgehead atoms. The second-order valence-corrected chi connectivity index (χ2v) is 1.73. The van der Waals surface area contributed by atoms with Gasteiger partial charge in [-0.05, 0) is 0 Å². The topological polar surface area (TPSA) is 87.7 Å². The second kappa shape index (κ2) is 2.42. The number of rotatable bonds is 1. The lowest BCUT2D eigenvalue weighted by atomic mass is 10.6. The maximum absolute atomic E-state index is 10.3. The van der Waals surface area contributed by atoms with Crippen LogP contribution >= 0.6 is 0 Å². The van der Waals surface area contributed by atoms with Crippen LogP contribution in [0, 0.1) is 0 Å². The first-order valence-corrected chi connectivity index (χ1v) is 2.62. The Bertz CT molecular complexity index is 169. The van der Waals surface area contributed by atoms with E-state index in [0.29, 0.717) is 0 Å². The molecule has 1 unspecified atom stereocenters. The van der Waals surface area contributed by atoms with Gasteiger partial charge in [0.05, 0.1) is 6.54 Å². The minimum absolute atomic E-state index is 0.186. The van der Waals surface area contributed by atoms with Crippen LogP contribution in [-0.2, 0) is 4.74 Å². The van der Waals surface area contributed by atoms with Crippen molar-refractivity contribution in [1.29, 1.82) is 0 Å². The van der Waals surface area contributed by atoms with E-state index in [1.807, 2.05) is 0 Å². The minimum Gasteiger partial charge on any atom is -0.450 e. The van der Waals surface area contributed by atoms with Crippen LogP contribution in [0.5, 0.6) is 0 Å². The van der Waals surface area contributed by atoms with E-state index >= 15 is 0 Å². The molecule has 0 aromatic carbocycles. The summed E-state index contributed by atoms with van der Waals surface area (Å²) in [5.41, 5.74) is 0. The number of amides is 2. The molecule has 6 nitrogen and oxygen atoms in total. The fraction of sp³-hybridized carbons (Fsp3) is 0.500. The van der Waals surface area contributed by atoms with Gasteiger partial charge in [0.15, 0.2) is 6.23 Å². The summed E-state index contributed by atoms with van der Waals surface area (Å²) < 4.78 is 4.20. The van der Waals surface area contributed by atoms with Crippen molar-refractivity contribution in [3.63, 3.8) is 0 Å². The molecule has 1 saturated heterocycles. The number of urea groups is 1. The highest BCUT2D eigenvalue weighted by Gasteiger charge is 2.22. The molecule has 1 heterocycles. The Labute approximate surface area is 56.2 Å². The summed E-state index contributed by atoms with van der Waals surface area (Å²) in [4.78, 5) is 20.2. The summed E-state index contributed by atoms with van der Waals surface area (Å²) in [6.45, 7) is 0.186. The molecule has 10 heavy (non-hydrogen) atoms. The van der Waals surface area contributed by atoms with Crippen LogP contribution in [0.15, 0.2) is 0 Å². The molecule has 0 saturated carbocycles. The van der Waals surface area contributed by atoms with E-state index in [1.165, 1.54) is 0 Å². The number of ether oxygens (including phenoxy) is 1. The van der Waals surface area contributed by atoms with Gasteiger partial charge in [0.2, 0.25) is 0 Å². The number of hydrogen-bond acceptors (Lipinski definition) is 3. The van der Waals surface area contributed by atoms with Gasteiger partial charge in [-0.25, -0.2) is 9.59 Å². The molecule has 0 spiro atoms. The fourth-order valence-electron chi connectivity index (χ4n) is 0.627. The highest BCUT2D eigenvalue weighted by atomic mass is 16.7. The van der Waals surface area contributed by atoms with Crippen molar-refractivity contribution in [2.45, 2.75) is 6.23 Å². The Kier molecular flexibility index (Phi) is 1.61. The third-order valence-electron chi connectivity index (χ3n) is 0.983. The molecule has 56 valence electrons. The second-order valence-electron chi connectivity index (χ2n) is 1.73. The minimum atomic E-state index is -1.39. The Morgan fingerprint density at radius 3 is 2.90 bits per heavy atom. The molecular formula is C4H6N2O4. The summed E-state index contributed by atoms with van der Waals surface area (Å²) >= 11 is 0. The molecule has 0 aromatic heterocycles. The lowest BCUT2D eigenvalue weighted by molar-refractivity contribution is 0.0524. The van der Waals surface area contributed by atoms with Gasteiger partial charge < -0.3 is 20.5 Å². The van der Waals surface area contributed by atoms with Crippen LogP contribution in [0.25, 0.3) is 0 Å². The van der Waals surface area contributed by atoms with Crippen molar-refractivity contribution >= 4 is 12.2 Å². The molecule has 1 rings (SSSR count). The average Bonchev–Trinajstić information content (AvgIpc) is 2.13. The van der Waals surface area contributed by atoms with Gasteiger partial charge >= 0.3 is 12.2 Å². The van der Waals surface area contributed by atoms with Crippen molar-refractivity contribution in [2.24, 2.45) is 0 Å². The molecule has 3 N–H and O–H groups in total. The van der Waals surface area contributed by atoms with E-state index in [1.54, 1.807) is 0 Å². The summed E-state index contributed by atoms with van der Waals surface area (Å²) in [7, 11) is 0. The molecule has 0 aliphatic carbocycles. The number of hydrogen-bond donors (Lipinski definition) is 3. The molecule has 2 amide bonds. The monoisotopic (exact) mass is 146 g/mol. The van der Waals surface area contributed by atoms with Gasteiger partial charge in [-0.15, -0.1) is 0 Å². The molecule has 0 radical (unpaired) electrons. The highest BCUT2D eigenvalue weighted by Crippen LogP contribution is 1.92. The van der Waals surface area contributed by atoms with Gasteiger partial charge in [-0.2, -0.15) is 0 Å². The number of carbonyl (C=O) groups is 2. The SMILES string of the molecule is O=C1NCC(OC(=O)O)N1. The first-order valence-electron chi connectivity index (χ1n) is 2.62. The molecule has 1 atom stereocenters. The van der Waals surface area contributed by atoms with Crippen molar-refractivity contribution in [3.8, 4) is 0 Å². The fourth-order valence-corrected chi connectivity index (χ4v) is 0.627. The lowest BCUT2D eigenvalue weighted by Crippen LogP contribution is -2.30. The van der Waals surface area contributed by atoms with Crippen molar-refractivity contribution in [3.05, 3.63) is 0 Å². The molecule has 1 aliphatic heterocycles. The van der Waals surface area contributed by atoms with Crippen LogP contribution in [0.1, 0.15) is 0 Å². The Morgan fingerprint density at radius 1 is 1.80 bits per heavy atom. The van der Waals surface area contributed by atoms with Crippen molar-refractivity contribution in [1.82, 2.24) is 10.6 Å². The largest absolute Gasteiger partial charge is 0.507 e. The van der Waals surface area contributed by atoms with Gasteiger partial charge in [0.25, 0.3) is 0 Å². The predicted molar refractivity (Wildman–Crippen MR) is 29.4 cm³/mol. The van der Waals surface area contributed by atoms with E-state index < -0.39 is 18.4 Å². The first-order chi connectivity index (χ1) is 4.68. The Morgan fingerprint density at radius 2 is 2.50 bits per heavy atom. The smallest absolute Gasteiger partial charge is 0.450 e. The van der Waals surface area contributed by atoms with E-state index in [0.717, 1.165) is 0 Å². The number of carbonyl (C=O) groups excluding carboxylic acids is 1. The molecular weight excluding hydrogens is 140 g/mol. The first kappa shape index (κ1) is 6.66. The van der Waals surface area contributed by atoms with Crippen LogP contribution in [-0.4, -0.2) is 30.1 Å². The molecule has 1 aliphatic rings. The standard InChI is InChI=1S/C4H6N2O4/c7-3-5-1-2(6-3)10-4(8)9/h2H,1H2,(H,8,9)(H2,5,6,7). The third-order valence-corrected chi connectivity index (χ3v) is 0.983. The van der Waals surface area contributed by atoms with E-state index in [4.69, 9.17) is 5.11 Å². The van der Waals surface area contributed by atoms with E-state index in [2.05, 4.69) is 15.4 Å². The van der Waals surface area contributed by atoms with Gasteiger partial charge in [-0.1, -0.05) is 0 Å². The van der Waals surface area contributed by atoms with Crippen LogP contribution in [0.3, 0.4) is 0 Å². The van der Waals surface area contributed by atoms with Gasteiger partial charge in [0, 0.05) is 0 Å². The zero-order valence-corrected chi connectivity index (χ0v) is 4.96. The average molecular weight is 146 g/mol. The van der Waals surface area contributed by atoms with Crippen LogP contribution in [0.2, 0.25) is 0 Å². The molecule has 0 aromatic rings. The zero-order valence-electron chi connectivity index (χ0n) is 4.96. The Balaban J connectivity index is 2.31. The number of carboxylic acid groups (broad SMARTS) is 1. The highest BCUT2D eigenvalue weighted by molar-refractivity contribution is 5.76. The van der Waals surface area contributed by atoms with E-state index in [9.17, 15) is 9.59 Å². The maximum Gasteiger partial charge on any atom is 0.507 e. The van der Waals surface area contributed by atoms with Gasteiger partial charge in [-0.3, -0.25) is 0 Å². The summed E-state index contributed by atoms with van der Waals surface area (Å²) in [5, 5.41) is 12.6.